The molecule has 0 unspecified atom stereocenters. The van der Waals surface area contributed by atoms with Crippen LogP contribution in [0.4, 0.5) is 13.2 Å². The van der Waals surface area contributed by atoms with Gasteiger partial charge in [-0.15, -0.1) is 0 Å². The third-order valence-electron chi connectivity index (χ3n) is 3.66. The second-order valence-electron chi connectivity index (χ2n) is 5.15. The smallest absolute Gasteiger partial charge is 0.395 e. The summed E-state index contributed by atoms with van der Waals surface area (Å²) in [6.45, 7) is -0.196. The maximum absolute atomic E-state index is 12.5. The molecule has 0 radical (unpaired) electrons. The molecule has 0 atom stereocenters. The minimum Gasteiger partial charge on any atom is -0.395 e. The summed E-state index contributed by atoms with van der Waals surface area (Å²) in [6.07, 6.45) is 0.439. The summed E-state index contributed by atoms with van der Waals surface area (Å²) in [7, 11) is 0. The summed E-state index contributed by atoms with van der Waals surface area (Å²) >= 11 is 0. The molecule has 1 saturated carbocycles. The van der Waals surface area contributed by atoms with Crippen LogP contribution < -0.4 is 0 Å². The van der Waals surface area contributed by atoms with Crippen LogP contribution >= 0.6 is 0 Å². The molecule has 118 valence electrons. The van der Waals surface area contributed by atoms with E-state index in [-0.39, 0.29) is 31.6 Å². The highest BCUT2D eigenvalue weighted by molar-refractivity contribution is 5.76. The number of aliphatic hydroxyl groups excluding tert-OH is 1. The van der Waals surface area contributed by atoms with Crippen molar-refractivity contribution in [3.8, 4) is 0 Å². The van der Waals surface area contributed by atoms with E-state index in [1.807, 2.05) is 0 Å². The number of carbonyl (C=O) groups is 1. The van der Waals surface area contributed by atoms with Gasteiger partial charge in [0.1, 0.15) is 6.54 Å². The molecule has 2 rings (SSSR count). The lowest BCUT2D eigenvalue weighted by Crippen LogP contribution is -2.42. The van der Waals surface area contributed by atoms with Crippen molar-refractivity contribution in [2.45, 2.75) is 44.4 Å². The maximum Gasteiger partial charge on any atom is 0.435 e. The molecule has 0 spiro atoms. The van der Waals surface area contributed by atoms with Crippen molar-refractivity contribution in [3.63, 3.8) is 0 Å². The summed E-state index contributed by atoms with van der Waals surface area (Å²) in [5.41, 5.74) is -1.01. The molecule has 1 aromatic rings. The largest absolute Gasteiger partial charge is 0.435 e. The molecule has 1 aromatic heterocycles. The van der Waals surface area contributed by atoms with Crippen LogP contribution in [-0.2, 0) is 17.5 Å². The molecule has 1 fully saturated rings. The van der Waals surface area contributed by atoms with Gasteiger partial charge in [-0.2, -0.15) is 18.3 Å². The Morgan fingerprint density at radius 3 is 2.62 bits per heavy atom. The zero-order valence-electron chi connectivity index (χ0n) is 11.5. The molecular formula is C13H18F3N3O2. The highest BCUT2D eigenvalue weighted by Gasteiger charge is 2.34. The Bertz CT molecular complexity index is 481. The van der Waals surface area contributed by atoms with Crippen molar-refractivity contribution < 1.29 is 23.1 Å². The number of aromatic nitrogens is 2. The van der Waals surface area contributed by atoms with Crippen LogP contribution in [0.15, 0.2) is 12.3 Å². The van der Waals surface area contributed by atoms with E-state index in [0.29, 0.717) is 0 Å². The monoisotopic (exact) mass is 305 g/mol. The molecule has 0 aromatic carbocycles. The lowest BCUT2D eigenvalue weighted by Gasteiger charge is -2.28. The fraction of sp³-hybridized carbons (Fsp3) is 0.692. The number of hydrogen-bond acceptors (Lipinski definition) is 3. The predicted molar refractivity (Wildman–Crippen MR) is 68.3 cm³/mol. The van der Waals surface area contributed by atoms with Crippen molar-refractivity contribution in [1.29, 1.82) is 0 Å². The third-order valence-corrected chi connectivity index (χ3v) is 3.66. The zero-order valence-corrected chi connectivity index (χ0v) is 11.5. The van der Waals surface area contributed by atoms with Crippen molar-refractivity contribution in [2.75, 3.05) is 13.2 Å². The van der Waals surface area contributed by atoms with Crippen LogP contribution in [0, 0.1) is 0 Å². The Kier molecular flexibility index (Phi) is 4.87. The molecule has 1 N–H and O–H groups in total. The first-order valence-corrected chi connectivity index (χ1v) is 6.93. The number of alkyl halides is 3. The standard InChI is InChI=1S/C13H18F3N3O2/c14-13(15,16)11-5-6-18(17-11)9-12(21)19(7-8-20)10-3-1-2-4-10/h5-6,10,20H,1-4,7-9H2. The second-order valence-corrected chi connectivity index (χ2v) is 5.15. The van der Waals surface area contributed by atoms with E-state index in [0.717, 1.165) is 42.6 Å². The van der Waals surface area contributed by atoms with Crippen LogP contribution in [0.25, 0.3) is 0 Å². The van der Waals surface area contributed by atoms with E-state index in [1.165, 1.54) is 0 Å². The summed E-state index contributed by atoms with van der Waals surface area (Å²) in [4.78, 5) is 13.8. The average Bonchev–Trinajstić information content (AvgIpc) is 3.05. The van der Waals surface area contributed by atoms with Gasteiger partial charge in [-0.25, -0.2) is 0 Å². The lowest BCUT2D eigenvalue weighted by atomic mass is 10.2. The van der Waals surface area contributed by atoms with Gasteiger partial charge in [0.15, 0.2) is 5.69 Å². The predicted octanol–water partition coefficient (Wildman–Crippen LogP) is 1.67. The molecule has 0 aliphatic heterocycles. The first kappa shape index (κ1) is 15.8. The normalized spacial score (nSPS) is 16.4. The number of halogens is 3. The summed E-state index contributed by atoms with van der Waals surface area (Å²) in [6, 6.07) is 0.918. The second kappa shape index (κ2) is 6.46. The Morgan fingerprint density at radius 2 is 2.10 bits per heavy atom. The molecule has 1 heterocycles. The van der Waals surface area contributed by atoms with Gasteiger partial charge in [0, 0.05) is 18.8 Å². The molecule has 0 saturated heterocycles. The molecule has 8 heteroatoms. The van der Waals surface area contributed by atoms with Gasteiger partial charge < -0.3 is 10.0 Å². The number of carbonyl (C=O) groups excluding carboxylic acids is 1. The quantitative estimate of drug-likeness (QED) is 0.900. The summed E-state index contributed by atoms with van der Waals surface area (Å²) in [5, 5.41) is 12.4. The van der Waals surface area contributed by atoms with E-state index in [9.17, 15) is 18.0 Å². The number of rotatable bonds is 5. The van der Waals surface area contributed by atoms with Crippen molar-refractivity contribution in [3.05, 3.63) is 18.0 Å². The topological polar surface area (TPSA) is 58.4 Å². The van der Waals surface area contributed by atoms with Gasteiger partial charge in [-0.05, 0) is 18.9 Å². The van der Waals surface area contributed by atoms with Gasteiger partial charge >= 0.3 is 6.18 Å². The Hall–Kier alpha value is -1.57. The van der Waals surface area contributed by atoms with Crippen LogP contribution in [0.5, 0.6) is 0 Å². The van der Waals surface area contributed by atoms with Crippen molar-refractivity contribution >= 4 is 5.91 Å². The molecule has 0 bridgehead atoms. The van der Waals surface area contributed by atoms with E-state index in [4.69, 9.17) is 5.11 Å². The van der Waals surface area contributed by atoms with E-state index in [1.54, 1.807) is 4.90 Å². The Balaban J connectivity index is 2.02. The first-order chi connectivity index (χ1) is 9.91. The highest BCUT2D eigenvalue weighted by Crippen LogP contribution is 2.27. The number of nitrogens with zero attached hydrogens (tertiary/aromatic N) is 3. The van der Waals surface area contributed by atoms with Crippen LogP contribution in [0.2, 0.25) is 0 Å². The number of aliphatic hydroxyl groups is 1. The van der Waals surface area contributed by atoms with Gasteiger partial charge in [-0.3, -0.25) is 9.48 Å². The van der Waals surface area contributed by atoms with Crippen LogP contribution in [0.3, 0.4) is 0 Å². The average molecular weight is 305 g/mol. The third kappa shape index (κ3) is 3.96. The molecule has 5 nitrogen and oxygen atoms in total. The Morgan fingerprint density at radius 1 is 1.43 bits per heavy atom. The number of hydrogen-bond donors (Lipinski definition) is 1. The molecule has 1 aliphatic rings. The summed E-state index contributed by atoms with van der Waals surface area (Å²) in [5.74, 6) is -0.312. The molecule has 1 aliphatic carbocycles. The van der Waals surface area contributed by atoms with Crippen LogP contribution in [-0.4, -0.2) is 44.9 Å². The van der Waals surface area contributed by atoms with Crippen molar-refractivity contribution in [2.24, 2.45) is 0 Å². The van der Waals surface area contributed by atoms with E-state index in [2.05, 4.69) is 5.10 Å². The molecule has 21 heavy (non-hydrogen) atoms. The van der Waals surface area contributed by atoms with Gasteiger partial charge in [-0.1, -0.05) is 12.8 Å². The minimum atomic E-state index is -4.51. The molecule has 1 amide bonds. The van der Waals surface area contributed by atoms with Gasteiger partial charge in [0.05, 0.1) is 6.61 Å². The fourth-order valence-electron chi connectivity index (χ4n) is 2.66. The van der Waals surface area contributed by atoms with Crippen LogP contribution in [0.1, 0.15) is 31.4 Å². The molecular weight excluding hydrogens is 287 g/mol. The Labute approximate surface area is 120 Å². The maximum atomic E-state index is 12.5. The SMILES string of the molecule is O=C(Cn1ccc(C(F)(F)F)n1)N(CCO)C1CCCC1. The van der Waals surface area contributed by atoms with Gasteiger partial charge in [0.2, 0.25) is 5.91 Å². The van der Waals surface area contributed by atoms with E-state index >= 15 is 0 Å². The zero-order chi connectivity index (χ0) is 15.5. The van der Waals surface area contributed by atoms with E-state index < -0.39 is 11.9 Å². The first-order valence-electron chi connectivity index (χ1n) is 6.93. The fourth-order valence-corrected chi connectivity index (χ4v) is 2.66. The van der Waals surface area contributed by atoms with Gasteiger partial charge in [0.25, 0.3) is 0 Å². The van der Waals surface area contributed by atoms with Crippen molar-refractivity contribution in [1.82, 2.24) is 14.7 Å². The number of amides is 1. The summed E-state index contributed by atoms with van der Waals surface area (Å²) < 4.78 is 38.4. The highest BCUT2D eigenvalue weighted by atomic mass is 19.4. The minimum absolute atomic E-state index is 0.0716. The lowest BCUT2D eigenvalue weighted by molar-refractivity contribution is -0.142.